The number of nitrogens with two attached hydrogens (primary N) is 1. The molecule has 1 atom stereocenters. The summed E-state index contributed by atoms with van der Waals surface area (Å²) in [5.41, 5.74) is 3.87. The van der Waals surface area contributed by atoms with Gasteiger partial charge in [0.25, 0.3) is 11.5 Å². The summed E-state index contributed by atoms with van der Waals surface area (Å²) in [6.07, 6.45) is -4.58. The van der Waals surface area contributed by atoms with Crippen LogP contribution in [0.3, 0.4) is 0 Å². The van der Waals surface area contributed by atoms with Crippen LogP contribution in [0.25, 0.3) is 5.69 Å². The standard InChI is InChI=1S/C23H23F3N4O3/c1-13(14-9-16(23(24,25)26)11-17(27)10-14)28-21(32)19-7-8-20(31)30(29-19)18-6-4-5-15(12-18)22(2,3)33/h4-13,33H,27H2,1-3H3,(H,28,32)/t13-/m1/s1. The van der Waals surface area contributed by atoms with Crippen molar-refractivity contribution in [1.29, 1.82) is 0 Å². The van der Waals surface area contributed by atoms with Gasteiger partial charge in [-0.1, -0.05) is 12.1 Å². The molecule has 33 heavy (non-hydrogen) atoms. The molecule has 1 aromatic heterocycles. The van der Waals surface area contributed by atoms with Crippen molar-refractivity contribution in [3.63, 3.8) is 0 Å². The number of halogens is 3. The highest BCUT2D eigenvalue weighted by Gasteiger charge is 2.31. The minimum absolute atomic E-state index is 0.0840. The van der Waals surface area contributed by atoms with Crippen LogP contribution in [0, 0.1) is 0 Å². The number of aromatic nitrogens is 2. The number of benzene rings is 2. The molecular formula is C23H23F3N4O3. The molecule has 4 N–H and O–H groups in total. The predicted octanol–water partition coefficient (Wildman–Crippen LogP) is 3.55. The van der Waals surface area contributed by atoms with Gasteiger partial charge in [0.05, 0.1) is 22.9 Å². The SMILES string of the molecule is C[C@@H](NC(=O)c1ccc(=O)n(-c2cccc(C(C)(C)O)c2)n1)c1cc(N)cc(C(F)(F)F)c1. The summed E-state index contributed by atoms with van der Waals surface area (Å²) in [7, 11) is 0. The van der Waals surface area contributed by atoms with E-state index in [-0.39, 0.29) is 16.9 Å². The zero-order chi connectivity index (χ0) is 24.6. The Morgan fingerprint density at radius 1 is 1.09 bits per heavy atom. The number of nitrogens with one attached hydrogen (secondary N) is 1. The van der Waals surface area contributed by atoms with Crippen molar-refractivity contribution < 1.29 is 23.1 Å². The van der Waals surface area contributed by atoms with Gasteiger partial charge in [0.15, 0.2) is 0 Å². The Morgan fingerprint density at radius 3 is 2.42 bits per heavy atom. The van der Waals surface area contributed by atoms with Crippen LogP contribution < -0.4 is 16.6 Å². The molecule has 7 nitrogen and oxygen atoms in total. The number of aliphatic hydroxyl groups is 1. The van der Waals surface area contributed by atoms with Crippen LogP contribution in [0.2, 0.25) is 0 Å². The minimum atomic E-state index is -4.58. The Balaban J connectivity index is 1.89. The molecule has 0 bridgehead atoms. The lowest BCUT2D eigenvalue weighted by molar-refractivity contribution is -0.137. The van der Waals surface area contributed by atoms with Gasteiger partial charge in [-0.2, -0.15) is 23.0 Å². The van der Waals surface area contributed by atoms with Crippen LogP contribution in [-0.4, -0.2) is 20.8 Å². The van der Waals surface area contributed by atoms with Crippen molar-refractivity contribution in [3.05, 3.63) is 87.3 Å². The summed E-state index contributed by atoms with van der Waals surface area (Å²) in [6.45, 7) is 4.69. The van der Waals surface area contributed by atoms with Gasteiger partial charge < -0.3 is 16.2 Å². The van der Waals surface area contributed by atoms with Crippen molar-refractivity contribution in [3.8, 4) is 5.69 Å². The monoisotopic (exact) mass is 460 g/mol. The van der Waals surface area contributed by atoms with Gasteiger partial charge in [-0.05, 0) is 68.3 Å². The summed E-state index contributed by atoms with van der Waals surface area (Å²) in [5.74, 6) is -0.689. The highest BCUT2D eigenvalue weighted by Crippen LogP contribution is 2.32. The lowest BCUT2D eigenvalue weighted by Gasteiger charge is -2.19. The van der Waals surface area contributed by atoms with Gasteiger partial charge in [0, 0.05) is 11.8 Å². The first-order valence-corrected chi connectivity index (χ1v) is 9.98. The van der Waals surface area contributed by atoms with Crippen molar-refractivity contribution in [2.75, 3.05) is 5.73 Å². The molecule has 0 saturated carbocycles. The van der Waals surface area contributed by atoms with E-state index >= 15 is 0 Å². The van der Waals surface area contributed by atoms with Gasteiger partial charge in [0.2, 0.25) is 0 Å². The number of hydrogen-bond acceptors (Lipinski definition) is 5. The van der Waals surface area contributed by atoms with E-state index in [9.17, 15) is 27.9 Å². The zero-order valence-electron chi connectivity index (χ0n) is 18.1. The van der Waals surface area contributed by atoms with E-state index in [0.717, 1.165) is 22.9 Å². The Bertz CT molecular complexity index is 1250. The molecule has 0 radical (unpaired) electrons. The number of amides is 1. The molecule has 10 heteroatoms. The number of rotatable bonds is 5. The number of nitrogens with zero attached hydrogens (tertiary/aromatic N) is 2. The number of carbonyl (C=O) groups excluding carboxylic acids is 1. The second-order valence-corrected chi connectivity index (χ2v) is 8.16. The number of alkyl halides is 3. The molecule has 174 valence electrons. The molecule has 0 unspecified atom stereocenters. The number of nitrogen functional groups attached to an aromatic ring is 1. The zero-order valence-corrected chi connectivity index (χ0v) is 18.1. The fourth-order valence-corrected chi connectivity index (χ4v) is 3.18. The van der Waals surface area contributed by atoms with E-state index in [4.69, 9.17) is 5.73 Å². The molecule has 0 aliphatic rings. The van der Waals surface area contributed by atoms with Crippen LogP contribution in [0.1, 0.15) is 54.0 Å². The van der Waals surface area contributed by atoms with Gasteiger partial charge in [-0.3, -0.25) is 9.59 Å². The van der Waals surface area contributed by atoms with Crippen molar-refractivity contribution in [2.24, 2.45) is 0 Å². The van der Waals surface area contributed by atoms with E-state index < -0.39 is 34.8 Å². The third kappa shape index (κ3) is 5.58. The molecule has 0 fully saturated rings. The van der Waals surface area contributed by atoms with Crippen LogP contribution in [0.15, 0.2) is 59.4 Å². The maximum atomic E-state index is 13.1. The first-order valence-electron chi connectivity index (χ1n) is 9.98. The largest absolute Gasteiger partial charge is 0.416 e. The van der Waals surface area contributed by atoms with Gasteiger partial charge >= 0.3 is 6.18 Å². The molecule has 3 rings (SSSR count). The second-order valence-electron chi connectivity index (χ2n) is 8.16. The predicted molar refractivity (Wildman–Crippen MR) is 117 cm³/mol. The molecule has 2 aromatic carbocycles. The Kier molecular flexibility index (Phi) is 6.33. The van der Waals surface area contributed by atoms with E-state index in [1.807, 2.05) is 0 Å². The van der Waals surface area contributed by atoms with Crippen molar-refractivity contribution in [1.82, 2.24) is 15.1 Å². The lowest BCUT2D eigenvalue weighted by atomic mass is 9.98. The van der Waals surface area contributed by atoms with E-state index in [0.29, 0.717) is 11.3 Å². The first kappa shape index (κ1) is 24.0. The number of anilines is 1. The maximum absolute atomic E-state index is 13.1. The summed E-state index contributed by atoms with van der Waals surface area (Å²) >= 11 is 0. The molecular weight excluding hydrogens is 437 g/mol. The Morgan fingerprint density at radius 2 is 1.79 bits per heavy atom. The third-order valence-electron chi connectivity index (χ3n) is 4.98. The Hall–Kier alpha value is -3.66. The highest BCUT2D eigenvalue weighted by atomic mass is 19.4. The van der Waals surface area contributed by atoms with Gasteiger partial charge in [-0.25, -0.2) is 0 Å². The first-order chi connectivity index (χ1) is 15.3. The summed E-state index contributed by atoms with van der Waals surface area (Å²) < 4.78 is 40.3. The van der Waals surface area contributed by atoms with Crippen LogP contribution in [-0.2, 0) is 11.8 Å². The molecule has 0 saturated heterocycles. The second kappa shape index (κ2) is 8.70. The fraction of sp³-hybridized carbons (Fsp3) is 0.261. The van der Waals surface area contributed by atoms with Crippen LogP contribution >= 0.6 is 0 Å². The summed E-state index contributed by atoms with van der Waals surface area (Å²) in [5, 5.41) is 16.9. The minimum Gasteiger partial charge on any atom is -0.399 e. The average Bonchev–Trinajstić information content (AvgIpc) is 2.72. The van der Waals surface area contributed by atoms with Crippen LogP contribution in [0.4, 0.5) is 18.9 Å². The molecule has 3 aromatic rings. The smallest absolute Gasteiger partial charge is 0.399 e. The van der Waals surface area contributed by atoms with E-state index in [2.05, 4.69) is 10.4 Å². The van der Waals surface area contributed by atoms with Gasteiger partial charge in [-0.15, -0.1) is 0 Å². The van der Waals surface area contributed by atoms with Gasteiger partial charge in [0.1, 0.15) is 5.69 Å². The molecule has 1 amide bonds. The molecule has 0 aliphatic heterocycles. The molecule has 0 spiro atoms. The Labute approximate surface area is 187 Å². The quantitative estimate of drug-likeness (QED) is 0.505. The highest BCUT2D eigenvalue weighted by molar-refractivity contribution is 5.92. The molecule has 0 aliphatic carbocycles. The summed E-state index contributed by atoms with van der Waals surface area (Å²) in [6, 6.07) is 11.1. The third-order valence-corrected chi connectivity index (χ3v) is 4.98. The maximum Gasteiger partial charge on any atom is 0.416 e. The lowest BCUT2D eigenvalue weighted by Crippen LogP contribution is -2.31. The molecule has 1 heterocycles. The topological polar surface area (TPSA) is 110 Å². The fourth-order valence-electron chi connectivity index (χ4n) is 3.18. The van der Waals surface area contributed by atoms with Crippen LogP contribution in [0.5, 0.6) is 0 Å². The van der Waals surface area contributed by atoms with Crippen molar-refractivity contribution in [2.45, 2.75) is 38.6 Å². The van der Waals surface area contributed by atoms with E-state index in [1.165, 1.54) is 19.1 Å². The van der Waals surface area contributed by atoms with E-state index in [1.54, 1.807) is 38.1 Å². The summed E-state index contributed by atoms with van der Waals surface area (Å²) in [4.78, 5) is 25.1. The number of carbonyl (C=O) groups is 1. The van der Waals surface area contributed by atoms with Crippen molar-refractivity contribution >= 4 is 11.6 Å². The normalized spacial score (nSPS) is 12.9. The number of hydrogen-bond donors (Lipinski definition) is 3. The average molecular weight is 460 g/mol.